The van der Waals surface area contributed by atoms with E-state index in [1.807, 2.05) is 60.2 Å². The summed E-state index contributed by atoms with van der Waals surface area (Å²) < 4.78 is 5.63. The van der Waals surface area contributed by atoms with Crippen molar-refractivity contribution < 1.29 is 28.7 Å². The van der Waals surface area contributed by atoms with E-state index in [9.17, 15) is 24.0 Å². The van der Waals surface area contributed by atoms with Gasteiger partial charge in [0.15, 0.2) is 0 Å². The number of hydrogen-bond donors (Lipinski definition) is 4. The second-order valence-corrected chi connectivity index (χ2v) is 14.8. The average Bonchev–Trinajstić information content (AvgIpc) is 3.62. The van der Waals surface area contributed by atoms with Gasteiger partial charge in [0, 0.05) is 47.2 Å². The van der Waals surface area contributed by atoms with Gasteiger partial charge in [-0.1, -0.05) is 6.42 Å². The Kier molecular flexibility index (Phi) is 12.7. The normalized spacial score (nSPS) is 18.1. The van der Waals surface area contributed by atoms with Crippen LogP contribution in [0.5, 0.6) is 0 Å². The van der Waals surface area contributed by atoms with Crippen LogP contribution in [0.2, 0.25) is 0 Å². The maximum Gasteiger partial charge on any atom is 0.315 e. The lowest BCUT2D eigenvalue weighted by molar-refractivity contribution is -0.121. The molecule has 2 aliphatic heterocycles. The van der Waals surface area contributed by atoms with Crippen LogP contribution in [0.4, 0.5) is 4.79 Å². The molecule has 0 aliphatic carbocycles. The maximum absolute atomic E-state index is 13.8. The molecule has 2 fully saturated rings. The largest absolute Gasteiger partial charge is 0.378 e. The second-order valence-electron chi connectivity index (χ2n) is 13.5. The van der Waals surface area contributed by atoms with Gasteiger partial charge in [0.05, 0.1) is 25.3 Å². The van der Waals surface area contributed by atoms with Gasteiger partial charge in [-0.3, -0.25) is 19.2 Å². The quantitative estimate of drug-likeness (QED) is 0.0879. The Hall–Kier alpha value is -3.70. The molecule has 0 bridgehead atoms. The molecule has 0 radical (unpaired) electrons. The molecule has 266 valence electrons. The van der Waals surface area contributed by atoms with Gasteiger partial charge in [0.1, 0.15) is 0 Å². The molecule has 4 N–H and O–H groups in total. The molecule has 3 unspecified atom stereocenters. The number of carbonyl (C=O) groups is 5. The Bertz CT molecular complexity index is 1610. The highest BCUT2D eigenvalue weighted by molar-refractivity contribution is 8.00. The number of urea groups is 1. The summed E-state index contributed by atoms with van der Waals surface area (Å²) in [7, 11) is 0. The molecule has 11 heteroatoms. The van der Waals surface area contributed by atoms with Gasteiger partial charge in [-0.15, -0.1) is 0 Å². The molecular formula is C38H52N4O6S. The molecule has 3 atom stereocenters. The van der Waals surface area contributed by atoms with Crippen LogP contribution in [0.15, 0.2) is 0 Å². The van der Waals surface area contributed by atoms with E-state index in [0.29, 0.717) is 63.8 Å². The van der Waals surface area contributed by atoms with Crippen LogP contribution >= 0.6 is 11.8 Å². The van der Waals surface area contributed by atoms with Gasteiger partial charge in [0.25, 0.3) is 5.91 Å². The molecule has 4 rings (SSSR count). The molecule has 2 saturated heterocycles. The number of benzene rings is 2. The van der Waals surface area contributed by atoms with Crippen LogP contribution in [0.25, 0.3) is 0 Å². The molecule has 0 saturated carbocycles. The Morgan fingerprint density at radius 1 is 0.673 bits per heavy atom. The molecule has 2 aromatic carbocycles. The summed E-state index contributed by atoms with van der Waals surface area (Å²) >= 11 is 1.88. The number of hydrogen-bond acceptors (Lipinski definition) is 7. The Morgan fingerprint density at radius 3 is 1.73 bits per heavy atom. The van der Waals surface area contributed by atoms with Crippen molar-refractivity contribution in [3.8, 4) is 0 Å². The molecule has 0 aromatic heterocycles. The number of nitrogens with one attached hydrogen (secondary N) is 4. The molecule has 10 nitrogen and oxygen atoms in total. The van der Waals surface area contributed by atoms with Crippen molar-refractivity contribution in [2.75, 3.05) is 32.1 Å². The number of rotatable bonds is 15. The number of ether oxygens (including phenoxy) is 1. The number of amides is 4. The number of carbonyl (C=O) groups excluding carboxylic acids is 5. The van der Waals surface area contributed by atoms with Crippen molar-refractivity contribution >= 4 is 41.2 Å². The Morgan fingerprint density at radius 2 is 1.16 bits per heavy atom. The van der Waals surface area contributed by atoms with Gasteiger partial charge in [-0.05, 0) is 125 Å². The fraction of sp³-hybridized carbons (Fsp3) is 0.553. The smallest absolute Gasteiger partial charge is 0.315 e. The predicted octanol–water partition coefficient (Wildman–Crippen LogP) is 5.12. The first-order valence-corrected chi connectivity index (χ1v) is 18.3. The van der Waals surface area contributed by atoms with E-state index < -0.39 is 11.6 Å². The average molecular weight is 693 g/mol. The van der Waals surface area contributed by atoms with Crippen molar-refractivity contribution in [1.29, 1.82) is 0 Å². The van der Waals surface area contributed by atoms with Gasteiger partial charge in [0.2, 0.25) is 17.5 Å². The number of Topliss-reactive ketones (excluding diaryl/α,β-unsaturated/α-hetero) is 2. The van der Waals surface area contributed by atoms with Crippen molar-refractivity contribution in [3.63, 3.8) is 0 Å². The first-order valence-electron chi connectivity index (χ1n) is 17.2. The summed E-state index contributed by atoms with van der Waals surface area (Å²) in [5, 5.41) is 12.1. The minimum atomic E-state index is -0.554. The van der Waals surface area contributed by atoms with E-state index in [2.05, 4.69) is 21.3 Å². The number of ketones is 2. The fourth-order valence-corrected chi connectivity index (χ4v) is 8.66. The van der Waals surface area contributed by atoms with Crippen LogP contribution in [0.1, 0.15) is 107 Å². The summed E-state index contributed by atoms with van der Waals surface area (Å²) in [5.74, 6) is -0.421. The standard InChI is InChI=1S/C38H52N4O6S/c1-19-20(2)22(4)31(23(5)21(19)3)35(44)36(45)32-24(6)26(8)33(27(9)25(32)7)37(46)40-15-17-48-16-14-39-30(43)13-11-10-12-29-34-28(18-49-29)41-38(47)42-34/h28-29,34H,10-18H2,1-9H3,(H,39,43)(H,40,46)(H2,41,42,47). The lowest BCUT2D eigenvalue weighted by Gasteiger charge is -2.21. The van der Waals surface area contributed by atoms with Crippen LogP contribution in [0.3, 0.4) is 0 Å². The molecule has 2 aliphatic rings. The second kappa shape index (κ2) is 16.3. The molecular weight excluding hydrogens is 641 g/mol. The van der Waals surface area contributed by atoms with E-state index >= 15 is 0 Å². The van der Waals surface area contributed by atoms with E-state index in [1.54, 1.807) is 13.8 Å². The minimum absolute atomic E-state index is 0.0145. The lowest BCUT2D eigenvalue weighted by Crippen LogP contribution is -2.36. The highest BCUT2D eigenvalue weighted by Crippen LogP contribution is 2.34. The van der Waals surface area contributed by atoms with Crippen LogP contribution in [-0.2, 0) is 9.53 Å². The van der Waals surface area contributed by atoms with Crippen LogP contribution < -0.4 is 21.3 Å². The lowest BCUT2D eigenvalue weighted by atomic mass is 9.82. The number of fused-ring (bicyclic) bond motifs is 1. The monoisotopic (exact) mass is 692 g/mol. The van der Waals surface area contributed by atoms with Crippen molar-refractivity contribution in [2.24, 2.45) is 0 Å². The molecule has 2 heterocycles. The third-order valence-corrected chi connectivity index (χ3v) is 12.2. The molecule has 0 spiro atoms. The summed E-state index contributed by atoms with van der Waals surface area (Å²) in [6, 6.07) is 0.327. The highest BCUT2D eigenvalue weighted by Gasteiger charge is 2.42. The van der Waals surface area contributed by atoms with E-state index in [4.69, 9.17) is 4.74 Å². The zero-order valence-electron chi connectivity index (χ0n) is 30.5. The first kappa shape index (κ1) is 38.1. The van der Waals surface area contributed by atoms with Crippen molar-refractivity contribution in [3.05, 3.63) is 66.8 Å². The summed E-state index contributed by atoms with van der Waals surface area (Å²) in [5.41, 5.74) is 8.71. The van der Waals surface area contributed by atoms with Gasteiger partial charge in [-0.25, -0.2) is 4.79 Å². The van der Waals surface area contributed by atoms with Gasteiger partial charge < -0.3 is 26.0 Å². The van der Waals surface area contributed by atoms with Crippen molar-refractivity contribution in [2.45, 2.75) is 105 Å². The SMILES string of the molecule is Cc1c(C)c(C)c(C(=O)C(=O)c2c(C)c(C)c(C(=O)NCCOCCNC(=O)CCCCC3SCC4NC(=O)NC43)c(C)c2C)c(C)c1C. The first-order chi connectivity index (χ1) is 23.2. The zero-order valence-corrected chi connectivity index (χ0v) is 31.3. The molecule has 49 heavy (non-hydrogen) atoms. The minimum Gasteiger partial charge on any atom is -0.378 e. The maximum atomic E-state index is 13.8. The van der Waals surface area contributed by atoms with E-state index in [1.165, 1.54) is 0 Å². The third kappa shape index (κ3) is 8.20. The fourth-order valence-electron chi connectivity index (χ4n) is 7.11. The number of unbranched alkanes of at least 4 members (excludes halogenated alkanes) is 1. The molecule has 2 aromatic rings. The van der Waals surface area contributed by atoms with E-state index in [-0.39, 0.29) is 43.1 Å². The topological polar surface area (TPSA) is 143 Å². The van der Waals surface area contributed by atoms with Gasteiger partial charge in [-0.2, -0.15) is 11.8 Å². The zero-order chi connectivity index (χ0) is 36.2. The Labute approximate surface area is 294 Å². The van der Waals surface area contributed by atoms with Gasteiger partial charge >= 0.3 is 6.03 Å². The number of thioether (sulfide) groups is 1. The molecule has 4 amide bonds. The van der Waals surface area contributed by atoms with E-state index in [0.717, 1.165) is 52.8 Å². The van der Waals surface area contributed by atoms with Crippen molar-refractivity contribution in [1.82, 2.24) is 21.3 Å². The summed E-state index contributed by atoms with van der Waals surface area (Å²) in [6.07, 6.45) is 3.15. The Balaban J connectivity index is 1.21. The predicted molar refractivity (Wildman–Crippen MR) is 194 cm³/mol. The summed E-state index contributed by atoms with van der Waals surface area (Å²) in [6.45, 7) is 18.3. The third-order valence-electron chi connectivity index (χ3n) is 10.7. The highest BCUT2D eigenvalue weighted by atomic mass is 32.2. The summed E-state index contributed by atoms with van der Waals surface area (Å²) in [4.78, 5) is 64.5. The van der Waals surface area contributed by atoms with Crippen LogP contribution in [-0.4, -0.2) is 78.8 Å². The van der Waals surface area contributed by atoms with Crippen LogP contribution in [0, 0.1) is 62.3 Å².